The van der Waals surface area contributed by atoms with Gasteiger partial charge in [-0.15, -0.1) is 10.2 Å². The summed E-state index contributed by atoms with van der Waals surface area (Å²) in [5.41, 5.74) is 0.612. The molecule has 0 aliphatic heterocycles. The third-order valence-electron chi connectivity index (χ3n) is 3.77. The topological polar surface area (TPSA) is 72.9 Å². The van der Waals surface area contributed by atoms with Crippen molar-refractivity contribution >= 4 is 23.4 Å². The Kier molecular flexibility index (Phi) is 5.08. The average Bonchev–Trinajstić information content (AvgIpc) is 3.17. The molecule has 0 saturated carbocycles. The number of aromatic nitrogens is 3. The van der Waals surface area contributed by atoms with Crippen molar-refractivity contribution in [3.8, 4) is 11.4 Å². The first-order valence-electron chi connectivity index (χ1n) is 7.73. The van der Waals surface area contributed by atoms with Crippen molar-refractivity contribution in [1.82, 2.24) is 14.8 Å². The molecule has 0 saturated heterocycles. The molecule has 9 heteroatoms. The molecule has 1 N–H and O–H groups in total. The maximum absolute atomic E-state index is 13.7. The van der Waals surface area contributed by atoms with Gasteiger partial charge in [0.05, 0.1) is 22.8 Å². The fraction of sp³-hybridized carbons (Fsp3) is 0.235. The highest BCUT2D eigenvalue weighted by atomic mass is 32.2. The summed E-state index contributed by atoms with van der Waals surface area (Å²) in [7, 11) is 1.78. The van der Waals surface area contributed by atoms with Crippen LogP contribution in [0.3, 0.4) is 0 Å². The lowest BCUT2D eigenvalue weighted by molar-refractivity contribution is -0.115. The maximum atomic E-state index is 13.7. The molecule has 0 spiro atoms. The van der Waals surface area contributed by atoms with Crippen molar-refractivity contribution in [2.45, 2.75) is 24.3 Å². The van der Waals surface area contributed by atoms with Crippen molar-refractivity contribution in [2.24, 2.45) is 7.05 Å². The normalized spacial score (nSPS) is 12.2. The summed E-state index contributed by atoms with van der Waals surface area (Å²) in [5.74, 6) is -0.473. The zero-order valence-electron chi connectivity index (χ0n) is 14.3. The third-order valence-corrected chi connectivity index (χ3v) is 4.91. The summed E-state index contributed by atoms with van der Waals surface area (Å²) in [6, 6.07) is 4.68. The van der Waals surface area contributed by atoms with Crippen LogP contribution in [0.2, 0.25) is 0 Å². The second kappa shape index (κ2) is 7.28. The van der Waals surface area contributed by atoms with E-state index >= 15 is 0 Å². The van der Waals surface area contributed by atoms with Crippen LogP contribution in [0.4, 0.5) is 14.5 Å². The lowest BCUT2D eigenvalue weighted by Crippen LogP contribution is -2.23. The number of nitrogens with one attached hydrogen (secondary N) is 1. The van der Waals surface area contributed by atoms with E-state index in [2.05, 4.69) is 15.5 Å². The van der Waals surface area contributed by atoms with Crippen LogP contribution < -0.4 is 5.32 Å². The Morgan fingerprint density at radius 1 is 1.31 bits per heavy atom. The molecule has 2 aromatic heterocycles. The minimum absolute atomic E-state index is 0.199. The van der Waals surface area contributed by atoms with Gasteiger partial charge in [-0.1, -0.05) is 11.8 Å². The first kappa shape index (κ1) is 18.1. The molecule has 0 unspecified atom stereocenters. The van der Waals surface area contributed by atoms with Gasteiger partial charge in [0.15, 0.2) is 11.0 Å². The minimum Gasteiger partial charge on any atom is -0.469 e. The molecule has 136 valence electrons. The van der Waals surface area contributed by atoms with E-state index < -0.39 is 22.8 Å². The number of anilines is 1. The number of benzene rings is 1. The second-order valence-electron chi connectivity index (χ2n) is 5.63. The highest BCUT2D eigenvalue weighted by Gasteiger charge is 2.21. The molecular formula is C17H16F2N4O2S. The van der Waals surface area contributed by atoms with Gasteiger partial charge in [0.2, 0.25) is 5.91 Å². The molecule has 1 atom stereocenters. The summed E-state index contributed by atoms with van der Waals surface area (Å²) in [6.45, 7) is 3.47. The van der Waals surface area contributed by atoms with Gasteiger partial charge >= 0.3 is 0 Å². The van der Waals surface area contributed by atoms with Crippen LogP contribution in [0.1, 0.15) is 12.7 Å². The quantitative estimate of drug-likeness (QED) is 0.684. The monoisotopic (exact) mass is 378 g/mol. The molecule has 26 heavy (non-hydrogen) atoms. The standard InChI is InChI=1S/C17H16F2N4O2S/c1-9-12(6-7-25-9)15-21-22-17(23(15)3)26-10(2)16(24)20-14-8-11(18)4-5-13(14)19/h4-8,10H,1-3H3,(H,20,24)/t10-/m0/s1. The van der Waals surface area contributed by atoms with Gasteiger partial charge < -0.3 is 14.3 Å². The van der Waals surface area contributed by atoms with Crippen molar-refractivity contribution in [3.05, 3.63) is 47.9 Å². The number of nitrogens with zero attached hydrogens (tertiary/aromatic N) is 3. The van der Waals surface area contributed by atoms with Crippen LogP contribution in [0.15, 0.2) is 40.1 Å². The molecule has 2 heterocycles. The van der Waals surface area contributed by atoms with E-state index in [-0.39, 0.29) is 5.69 Å². The highest BCUT2D eigenvalue weighted by Crippen LogP contribution is 2.28. The first-order valence-corrected chi connectivity index (χ1v) is 8.61. The van der Waals surface area contributed by atoms with Crippen LogP contribution in [-0.4, -0.2) is 25.9 Å². The molecule has 3 rings (SSSR count). The van der Waals surface area contributed by atoms with Gasteiger partial charge in [0.25, 0.3) is 0 Å². The SMILES string of the molecule is Cc1occc1-c1nnc(S[C@@H](C)C(=O)Nc2cc(F)ccc2F)n1C. The van der Waals surface area contributed by atoms with Gasteiger partial charge in [0.1, 0.15) is 17.4 Å². The average molecular weight is 378 g/mol. The Morgan fingerprint density at radius 2 is 2.08 bits per heavy atom. The molecule has 0 radical (unpaired) electrons. The number of carbonyl (C=O) groups excluding carboxylic acids is 1. The smallest absolute Gasteiger partial charge is 0.237 e. The summed E-state index contributed by atoms with van der Waals surface area (Å²) < 4.78 is 33.9. The van der Waals surface area contributed by atoms with E-state index in [1.807, 2.05) is 6.92 Å². The van der Waals surface area contributed by atoms with Crippen molar-refractivity contribution in [2.75, 3.05) is 5.32 Å². The summed E-state index contributed by atoms with van der Waals surface area (Å²) in [4.78, 5) is 12.3. The lowest BCUT2D eigenvalue weighted by atomic mass is 10.2. The first-order chi connectivity index (χ1) is 12.4. The van der Waals surface area contributed by atoms with Crippen LogP contribution in [0.5, 0.6) is 0 Å². The second-order valence-corrected chi connectivity index (χ2v) is 6.94. The number of hydrogen-bond donors (Lipinski definition) is 1. The predicted molar refractivity (Wildman–Crippen MR) is 93.7 cm³/mol. The van der Waals surface area contributed by atoms with E-state index in [1.54, 1.807) is 30.9 Å². The van der Waals surface area contributed by atoms with E-state index in [0.717, 1.165) is 35.5 Å². The highest BCUT2D eigenvalue weighted by molar-refractivity contribution is 8.00. The van der Waals surface area contributed by atoms with E-state index in [0.29, 0.717) is 16.7 Å². The molecule has 0 aliphatic carbocycles. The summed E-state index contributed by atoms with van der Waals surface area (Å²) in [6.07, 6.45) is 1.57. The molecule has 0 bridgehead atoms. The van der Waals surface area contributed by atoms with Crippen molar-refractivity contribution in [1.29, 1.82) is 0 Å². The minimum atomic E-state index is -0.701. The number of hydrogen-bond acceptors (Lipinski definition) is 5. The maximum Gasteiger partial charge on any atom is 0.237 e. The zero-order chi connectivity index (χ0) is 18.8. The van der Waals surface area contributed by atoms with Crippen molar-refractivity contribution in [3.63, 3.8) is 0 Å². The number of furan rings is 1. The van der Waals surface area contributed by atoms with E-state index in [9.17, 15) is 13.6 Å². The van der Waals surface area contributed by atoms with Gasteiger partial charge in [-0.05, 0) is 32.0 Å². The molecule has 0 fully saturated rings. The number of halogens is 2. The fourth-order valence-electron chi connectivity index (χ4n) is 2.31. The fourth-order valence-corrected chi connectivity index (χ4v) is 3.12. The van der Waals surface area contributed by atoms with E-state index in [1.165, 1.54) is 0 Å². The number of aryl methyl sites for hydroxylation is 1. The Bertz CT molecular complexity index is 954. The molecular weight excluding hydrogens is 362 g/mol. The Hall–Kier alpha value is -2.68. The number of amides is 1. The van der Waals surface area contributed by atoms with Gasteiger partial charge in [0, 0.05) is 13.1 Å². The van der Waals surface area contributed by atoms with Crippen LogP contribution in [-0.2, 0) is 11.8 Å². The van der Waals surface area contributed by atoms with Crippen LogP contribution in [0.25, 0.3) is 11.4 Å². The van der Waals surface area contributed by atoms with Crippen LogP contribution in [0, 0.1) is 18.6 Å². The largest absolute Gasteiger partial charge is 0.469 e. The summed E-state index contributed by atoms with van der Waals surface area (Å²) in [5, 5.41) is 10.5. The van der Waals surface area contributed by atoms with Crippen molar-refractivity contribution < 1.29 is 18.0 Å². The predicted octanol–water partition coefficient (Wildman–Crippen LogP) is 3.78. The Labute approximate surface area is 152 Å². The zero-order valence-corrected chi connectivity index (χ0v) is 15.1. The number of rotatable bonds is 5. The van der Waals surface area contributed by atoms with Gasteiger partial charge in [-0.3, -0.25) is 4.79 Å². The Morgan fingerprint density at radius 3 is 2.77 bits per heavy atom. The third kappa shape index (κ3) is 3.62. The van der Waals surface area contributed by atoms with E-state index in [4.69, 9.17) is 4.42 Å². The lowest BCUT2D eigenvalue weighted by Gasteiger charge is -2.12. The summed E-state index contributed by atoms with van der Waals surface area (Å²) >= 11 is 1.16. The number of carbonyl (C=O) groups is 1. The molecule has 6 nitrogen and oxygen atoms in total. The molecule has 1 amide bonds. The molecule has 0 aliphatic rings. The van der Waals surface area contributed by atoms with Gasteiger partial charge in [-0.25, -0.2) is 8.78 Å². The van der Waals surface area contributed by atoms with Gasteiger partial charge in [-0.2, -0.15) is 0 Å². The van der Waals surface area contributed by atoms with Crippen LogP contribution >= 0.6 is 11.8 Å². The number of thioether (sulfide) groups is 1. The Balaban J connectivity index is 1.73. The molecule has 3 aromatic rings. The molecule has 1 aromatic carbocycles.